The molecule has 0 aliphatic rings. The van der Waals surface area contributed by atoms with Crippen molar-refractivity contribution in [2.45, 2.75) is 17.9 Å². The van der Waals surface area contributed by atoms with Crippen LogP contribution in [0.1, 0.15) is 6.92 Å². The number of ether oxygens (including phenoxy) is 1. The second-order valence-electron chi connectivity index (χ2n) is 3.90. The molecule has 3 N–H and O–H groups in total. The van der Waals surface area contributed by atoms with E-state index in [0.717, 1.165) is 9.37 Å². The first-order chi connectivity index (χ1) is 8.52. The zero-order valence-corrected chi connectivity index (χ0v) is 12.8. The molecule has 1 aromatic rings. The van der Waals surface area contributed by atoms with Crippen LogP contribution in [0.25, 0.3) is 0 Å². The molecule has 1 aromatic carbocycles. The predicted octanol–water partition coefficient (Wildman–Crippen LogP) is 2.27. The molecule has 18 heavy (non-hydrogen) atoms. The zero-order valence-electron chi connectivity index (χ0n) is 10.4. The molecule has 0 saturated heterocycles. The van der Waals surface area contributed by atoms with E-state index in [1.807, 2.05) is 25.1 Å². The van der Waals surface area contributed by atoms with Gasteiger partial charge in [0.15, 0.2) is 0 Å². The lowest BCUT2D eigenvalue weighted by Gasteiger charge is -2.12. The number of halogens is 1. The minimum absolute atomic E-state index is 0.00623. The number of hydrogen-bond donors (Lipinski definition) is 2. The molecule has 0 saturated carbocycles. The van der Waals surface area contributed by atoms with Crippen molar-refractivity contribution in [1.29, 1.82) is 0 Å². The van der Waals surface area contributed by atoms with E-state index in [-0.39, 0.29) is 11.9 Å². The van der Waals surface area contributed by atoms with Crippen LogP contribution in [0.5, 0.6) is 0 Å². The number of carbonyl (C=O) groups excluding carboxylic acids is 1. The molecule has 0 heterocycles. The van der Waals surface area contributed by atoms with Gasteiger partial charge in [-0.15, -0.1) is 11.8 Å². The summed E-state index contributed by atoms with van der Waals surface area (Å²) in [7, 11) is 1.61. The van der Waals surface area contributed by atoms with E-state index in [0.29, 0.717) is 18.0 Å². The summed E-state index contributed by atoms with van der Waals surface area (Å²) in [4.78, 5) is 12.7. The van der Waals surface area contributed by atoms with Crippen LogP contribution in [-0.4, -0.2) is 31.4 Å². The van der Waals surface area contributed by atoms with Gasteiger partial charge in [-0.3, -0.25) is 4.79 Å². The van der Waals surface area contributed by atoms with Crippen LogP contribution in [0, 0.1) is 0 Å². The average Bonchev–Trinajstić information content (AvgIpc) is 2.28. The van der Waals surface area contributed by atoms with Crippen molar-refractivity contribution in [2.75, 3.05) is 25.2 Å². The Balaban J connectivity index is 2.42. The van der Waals surface area contributed by atoms with Gasteiger partial charge in [0.2, 0.25) is 5.91 Å². The second-order valence-corrected chi connectivity index (χ2v) is 5.77. The average molecular weight is 333 g/mol. The molecule has 1 atom stereocenters. The molecule has 6 heteroatoms. The smallest absolute Gasteiger partial charge is 0.230 e. The molecule has 0 aliphatic carbocycles. The van der Waals surface area contributed by atoms with Crippen molar-refractivity contribution in [3.63, 3.8) is 0 Å². The highest BCUT2D eigenvalue weighted by atomic mass is 79.9. The van der Waals surface area contributed by atoms with Crippen LogP contribution in [0.3, 0.4) is 0 Å². The molecule has 0 radical (unpaired) electrons. The van der Waals surface area contributed by atoms with Gasteiger partial charge in [0, 0.05) is 28.2 Å². The maximum Gasteiger partial charge on any atom is 0.230 e. The van der Waals surface area contributed by atoms with Gasteiger partial charge in [0.05, 0.1) is 12.4 Å². The maximum absolute atomic E-state index is 11.7. The Morgan fingerprint density at radius 3 is 2.94 bits per heavy atom. The maximum atomic E-state index is 11.7. The molecule has 0 spiro atoms. The monoisotopic (exact) mass is 332 g/mol. The normalized spacial score (nSPS) is 12.2. The molecule has 0 aliphatic heterocycles. The number of benzene rings is 1. The highest BCUT2D eigenvalue weighted by Crippen LogP contribution is 2.28. The van der Waals surface area contributed by atoms with E-state index >= 15 is 0 Å². The van der Waals surface area contributed by atoms with Gasteiger partial charge in [0.25, 0.3) is 0 Å². The fourth-order valence-electron chi connectivity index (χ4n) is 1.39. The molecular formula is C12H17BrN2O2S. The highest BCUT2D eigenvalue weighted by molar-refractivity contribution is 9.10. The van der Waals surface area contributed by atoms with Gasteiger partial charge >= 0.3 is 0 Å². The Morgan fingerprint density at radius 1 is 1.61 bits per heavy atom. The molecule has 100 valence electrons. The second kappa shape index (κ2) is 7.66. The van der Waals surface area contributed by atoms with E-state index in [1.165, 1.54) is 11.8 Å². The summed E-state index contributed by atoms with van der Waals surface area (Å²) in [5.41, 5.74) is 6.35. The first-order valence-electron chi connectivity index (χ1n) is 5.49. The fourth-order valence-corrected chi connectivity index (χ4v) is 2.86. The molecule has 4 nitrogen and oxygen atoms in total. The van der Waals surface area contributed by atoms with E-state index in [9.17, 15) is 4.79 Å². The fraction of sp³-hybridized carbons (Fsp3) is 0.417. The Bertz CT molecular complexity index is 415. The van der Waals surface area contributed by atoms with Crippen molar-refractivity contribution in [3.8, 4) is 0 Å². The van der Waals surface area contributed by atoms with Crippen molar-refractivity contribution in [3.05, 3.63) is 22.7 Å². The number of methoxy groups -OCH3 is 1. The van der Waals surface area contributed by atoms with Gasteiger partial charge in [-0.05, 0) is 41.1 Å². The molecule has 0 fully saturated rings. The molecule has 1 unspecified atom stereocenters. The van der Waals surface area contributed by atoms with Gasteiger partial charge in [-0.1, -0.05) is 0 Å². The summed E-state index contributed by atoms with van der Waals surface area (Å²) in [6.07, 6.45) is 0. The summed E-state index contributed by atoms with van der Waals surface area (Å²) in [6, 6.07) is 5.57. The third kappa shape index (κ3) is 5.29. The van der Waals surface area contributed by atoms with Crippen LogP contribution in [-0.2, 0) is 9.53 Å². The first-order valence-corrected chi connectivity index (χ1v) is 7.27. The number of amides is 1. The van der Waals surface area contributed by atoms with Crippen LogP contribution < -0.4 is 11.1 Å². The zero-order chi connectivity index (χ0) is 13.5. The van der Waals surface area contributed by atoms with E-state index in [4.69, 9.17) is 10.5 Å². The molecular weight excluding hydrogens is 316 g/mol. The summed E-state index contributed by atoms with van der Waals surface area (Å²) in [5.74, 6) is 0.365. The van der Waals surface area contributed by atoms with Gasteiger partial charge < -0.3 is 15.8 Å². The molecule has 1 rings (SSSR count). The summed E-state index contributed by atoms with van der Waals surface area (Å²) < 4.78 is 5.86. The van der Waals surface area contributed by atoms with Gasteiger partial charge in [-0.2, -0.15) is 0 Å². The number of nitrogen functional groups attached to an aromatic ring is 1. The summed E-state index contributed by atoms with van der Waals surface area (Å²) in [5, 5.41) is 2.86. The number of thioether (sulfide) groups is 1. The van der Waals surface area contributed by atoms with Crippen LogP contribution in [0.2, 0.25) is 0 Å². The summed E-state index contributed by atoms with van der Waals surface area (Å²) >= 11 is 4.89. The molecule has 0 aromatic heterocycles. The Labute approximate surface area is 120 Å². The van der Waals surface area contributed by atoms with Crippen LogP contribution >= 0.6 is 27.7 Å². The standard InChI is InChI=1S/C12H17BrN2O2S/c1-8(6-17-2)15-12(16)7-18-11-4-3-9(14)5-10(11)13/h3-5,8H,6-7,14H2,1-2H3,(H,15,16). The van der Waals surface area contributed by atoms with E-state index in [1.54, 1.807) is 7.11 Å². The quantitative estimate of drug-likeness (QED) is 0.619. The number of rotatable bonds is 6. The van der Waals surface area contributed by atoms with E-state index < -0.39 is 0 Å². The lowest BCUT2D eigenvalue weighted by Crippen LogP contribution is -2.36. The first kappa shape index (κ1) is 15.3. The Morgan fingerprint density at radius 2 is 2.33 bits per heavy atom. The lowest BCUT2D eigenvalue weighted by atomic mass is 10.3. The van der Waals surface area contributed by atoms with Crippen LogP contribution in [0.15, 0.2) is 27.6 Å². The highest BCUT2D eigenvalue weighted by Gasteiger charge is 2.09. The molecule has 0 bridgehead atoms. The van der Waals surface area contributed by atoms with Crippen molar-refractivity contribution in [2.24, 2.45) is 0 Å². The molecule has 1 amide bonds. The van der Waals surface area contributed by atoms with Crippen molar-refractivity contribution >= 4 is 39.3 Å². The third-order valence-electron chi connectivity index (χ3n) is 2.14. The summed E-state index contributed by atoms with van der Waals surface area (Å²) in [6.45, 7) is 2.42. The van der Waals surface area contributed by atoms with Crippen molar-refractivity contribution in [1.82, 2.24) is 5.32 Å². The lowest BCUT2D eigenvalue weighted by molar-refractivity contribution is -0.119. The number of carbonyl (C=O) groups is 1. The number of nitrogens with two attached hydrogens (primary N) is 1. The minimum atomic E-state index is -0.00623. The largest absolute Gasteiger partial charge is 0.399 e. The topological polar surface area (TPSA) is 64.3 Å². The van der Waals surface area contributed by atoms with Crippen LogP contribution in [0.4, 0.5) is 5.69 Å². The predicted molar refractivity (Wildman–Crippen MR) is 78.8 cm³/mol. The number of nitrogens with one attached hydrogen (secondary N) is 1. The van der Waals surface area contributed by atoms with Gasteiger partial charge in [-0.25, -0.2) is 0 Å². The number of anilines is 1. The SMILES string of the molecule is COCC(C)NC(=O)CSc1ccc(N)cc1Br. The van der Waals surface area contributed by atoms with Crippen molar-refractivity contribution < 1.29 is 9.53 Å². The Kier molecular flexibility index (Phi) is 6.52. The number of hydrogen-bond acceptors (Lipinski definition) is 4. The van der Waals surface area contributed by atoms with Gasteiger partial charge in [0.1, 0.15) is 0 Å². The minimum Gasteiger partial charge on any atom is -0.399 e. The third-order valence-corrected chi connectivity index (χ3v) is 4.13. The van der Waals surface area contributed by atoms with E-state index in [2.05, 4.69) is 21.2 Å². The Hall–Kier alpha value is -0.720.